The summed E-state index contributed by atoms with van der Waals surface area (Å²) in [7, 11) is 0. The molecule has 0 atom stereocenters. The van der Waals surface area contributed by atoms with Gasteiger partial charge in [-0.25, -0.2) is 0 Å². The first-order valence-electron chi connectivity index (χ1n) is 5.30. The summed E-state index contributed by atoms with van der Waals surface area (Å²) in [5, 5.41) is 18.2. The summed E-state index contributed by atoms with van der Waals surface area (Å²) >= 11 is 4.93. The molecular weight excluding hydrogens is 310 g/mol. The van der Waals surface area contributed by atoms with Crippen LogP contribution >= 0.6 is 27.7 Å². The highest BCUT2D eigenvalue weighted by Gasteiger charge is 2.05. The lowest BCUT2D eigenvalue weighted by molar-refractivity contribution is 0.281. The van der Waals surface area contributed by atoms with Crippen LogP contribution in [0.3, 0.4) is 0 Å². The Kier molecular flexibility index (Phi) is 4.43. The highest BCUT2D eigenvalue weighted by molar-refractivity contribution is 9.10. The molecule has 0 radical (unpaired) electrons. The number of aliphatic hydroxyl groups is 1. The van der Waals surface area contributed by atoms with Gasteiger partial charge in [0.1, 0.15) is 6.07 Å². The van der Waals surface area contributed by atoms with Gasteiger partial charge < -0.3 is 5.11 Å². The second-order valence-corrected chi connectivity index (χ2v) is 5.69. The molecule has 0 aliphatic carbocycles. The minimum absolute atomic E-state index is 0.0437. The third-order valence-electron chi connectivity index (χ3n) is 2.39. The van der Waals surface area contributed by atoms with Gasteiger partial charge in [-0.3, -0.25) is 0 Å². The zero-order valence-corrected chi connectivity index (χ0v) is 11.8. The van der Waals surface area contributed by atoms with E-state index in [1.807, 2.05) is 36.4 Å². The zero-order chi connectivity index (χ0) is 13.0. The van der Waals surface area contributed by atoms with Crippen molar-refractivity contribution in [3.8, 4) is 6.07 Å². The fourth-order valence-electron chi connectivity index (χ4n) is 1.48. The predicted molar refractivity (Wildman–Crippen MR) is 75.3 cm³/mol. The molecule has 0 saturated heterocycles. The SMILES string of the molecule is N#Cc1cc(CO)ccc1Sc1ccc(Br)cc1. The topological polar surface area (TPSA) is 44.0 Å². The van der Waals surface area contributed by atoms with Crippen molar-refractivity contribution in [1.82, 2.24) is 0 Å². The van der Waals surface area contributed by atoms with Crippen LogP contribution in [-0.4, -0.2) is 5.11 Å². The number of benzene rings is 2. The Bertz CT molecular complexity index is 590. The standard InChI is InChI=1S/C14H10BrNOS/c15-12-2-4-13(5-3-12)18-14-6-1-10(9-17)7-11(14)8-16/h1-7,17H,9H2. The first-order valence-corrected chi connectivity index (χ1v) is 6.91. The molecule has 0 amide bonds. The van der Waals surface area contributed by atoms with Gasteiger partial charge in [0.2, 0.25) is 0 Å². The minimum Gasteiger partial charge on any atom is -0.392 e. The number of nitriles is 1. The van der Waals surface area contributed by atoms with Crippen LogP contribution in [-0.2, 0) is 6.61 Å². The second-order valence-electron chi connectivity index (χ2n) is 3.66. The van der Waals surface area contributed by atoms with E-state index < -0.39 is 0 Å². The third-order valence-corrected chi connectivity index (χ3v) is 4.00. The maximum absolute atomic E-state index is 9.11. The molecule has 0 saturated carbocycles. The molecule has 0 heterocycles. The van der Waals surface area contributed by atoms with Gasteiger partial charge in [0.05, 0.1) is 12.2 Å². The Morgan fingerprint density at radius 1 is 1.17 bits per heavy atom. The summed E-state index contributed by atoms with van der Waals surface area (Å²) in [5.41, 5.74) is 1.35. The summed E-state index contributed by atoms with van der Waals surface area (Å²) in [6, 6.07) is 15.5. The molecule has 90 valence electrons. The number of nitrogens with zero attached hydrogens (tertiary/aromatic N) is 1. The van der Waals surface area contributed by atoms with E-state index in [0.717, 1.165) is 19.8 Å². The Morgan fingerprint density at radius 3 is 2.50 bits per heavy atom. The van der Waals surface area contributed by atoms with Crippen LogP contribution in [0.25, 0.3) is 0 Å². The smallest absolute Gasteiger partial charge is 0.100 e. The Balaban J connectivity index is 2.29. The Labute approximate surface area is 118 Å². The number of hydrogen-bond donors (Lipinski definition) is 1. The van der Waals surface area contributed by atoms with Gasteiger partial charge in [-0.1, -0.05) is 33.8 Å². The van der Waals surface area contributed by atoms with Crippen molar-refractivity contribution in [2.45, 2.75) is 16.4 Å². The van der Waals surface area contributed by atoms with Crippen LogP contribution in [0, 0.1) is 11.3 Å². The predicted octanol–water partition coefficient (Wildman–Crippen LogP) is 3.96. The van der Waals surface area contributed by atoms with Gasteiger partial charge in [-0.15, -0.1) is 0 Å². The van der Waals surface area contributed by atoms with Crippen LogP contribution < -0.4 is 0 Å². The average Bonchev–Trinajstić information content (AvgIpc) is 2.41. The number of hydrogen-bond acceptors (Lipinski definition) is 3. The fraction of sp³-hybridized carbons (Fsp3) is 0.0714. The van der Waals surface area contributed by atoms with Crippen LogP contribution in [0.1, 0.15) is 11.1 Å². The monoisotopic (exact) mass is 319 g/mol. The van der Waals surface area contributed by atoms with E-state index >= 15 is 0 Å². The molecule has 2 nitrogen and oxygen atoms in total. The highest BCUT2D eigenvalue weighted by Crippen LogP contribution is 2.31. The molecule has 0 bridgehead atoms. The van der Waals surface area contributed by atoms with Crippen molar-refractivity contribution in [3.63, 3.8) is 0 Å². The largest absolute Gasteiger partial charge is 0.392 e. The van der Waals surface area contributed by atoms with E-state index in [9.17, 15) is 0 Å². The lowest BCUT2D eigenvalue weighted by atomic mass is 10.1. The normalized spacial score (nSPS) is 10.1. The molecule has 1 N–H and O–H groups in total. The highest BCUT2D eigenvalue weighted by atomic mass is 79.9. The summed E-state index contributed by atoms with van der Waals surface area (Å²) in [6.07, 6.45) is 0. The van der Waals surface area contributed by atoms with Crippen LogP contribution in [0.15, 0.2) is 56.7 Å². The van der Waals surface area contributed by atoms with Gasteiger partial charge in [0.15, 0.2) is 0 Å². The third kappa shape index (κ3) is 3.14. The first kappa shape index (κ1) is 13.2. The van der Waals surface area contributed by atoms with Gasteiger partial charge in [0.25, 0.3) is 0 Å². The molecule has 0 aliphatic heterocycles. The van der Waals surface area contributed by atoms with Crippen molar-refractivity contribution in [2.24, 2.45) is 0 Å². The molecule has 2 aromatic carbocycles. The molecule has 4 heteroatoms. The van der Waals surface area contributed by atoms with Crippen LogP contribution in [0.2, 0.25) is 0 Å². The summed E-state index contributed by atoms with van der Waals surface area (Å²) in [6.45, 7) is -0.0437. The average molecular weight is 320 g/mol. The lowest BCUT2D eigenvalue weighted by Gasteiger charge is -2.05. The lowest BCUT2D eigenvalue weighted by Crippen LogP contribution is -1.87. The summed E-state index contributed by atoms with van der Waals surface area (Å²) in [4.78, 5) is 1.98. The fourth-order valence-corrected chi connectivity index (χ4v) is 2.62. The Morgan fingerprint density at radius 2 is 1.89 bits per heavy atom. The van der Waals surface area contributed by atoms with Crippen molar-refractivity contribution < 1.29 is 5.11 Å². The second kappa shape index (κ2) is 6.05. The van der Waals surface area contributed by atoms with E-state index in [4.69, 9.17) is 10.4 Å². The summed E-state index contributed by atoms with van der Waals surface area (Å²) < 4.78 is 1.03. The van der Waals surface area contributed by atoms with Gasteiger partial charge >= 0.3 is 0 Å². The molecule has 2 aromatic rings. The summed E-state index contributed by atoms with van der Waals surface area (Å²) in [5.74, 6) is 0. The first-order chi connectivity index (χ1) is 8.72. The molecule has 0 spiro atoms. The van der Waals surface area contributed by atoms with E-state index in [1.54, 1.807) is 17.8 Å². The van der Waals surface area contributed by atoms with Crippen molar-refractivity contribution in [3.05, 3.63) is 58.1 Å². The van der Waals surface area contributed by atoms with Crippen molar-refractivity contribution in [1.29, 1.82) is 5.26 Å². The van der Waals surface area contributed by atoms with E-state index in [0.29, 0.717) is 5.56 Å². The van der Waals surface area contributed by atoms with Crippen molar-refractivity contribution in [2.75, 3.05) is 0 Å². The van der Waals surface area contributed by atoms with Crippen LogP contribution in [0.5, 0.6) is 0 Å². The maximum atomic E-state index is 9.11. The minimum atomic E-state index is -0.0437. The van der Waals surface area contributed by atoms with Gasteiger partial charge in [-0.2, -0.15) is 5.26 Å². The molecule has 0 fully saturated rings. The van der Waals surface area contributed by atoms with Gasteiger partial charge in [0, 0.05) is 14.3 Å². The van der Waals surface area contributed by atoms with E-state index in [2.05, 4.69) is 22.0 Å². The van der Waals surface area contributed by atoms with Crippen LogP contribution in [0.4, 0.5) is 0 Å². The molecule has 18 heavy (non-hydrogen) atoms. The Hall–Kier alpha value is -1.28. The van der Waals surface area contributed by atoms with Crippen molar-refractivity contribution >= 4 is 27.7 Å². The quantitative estimate of drug-likeness (QED) is 0.931. The number of rotatable bonds is 3. The zero-order valence-electron chi connectivity index (χ0n) is 9.43. The molecule has 0 unspecified atom stereocenters. The molecule has 0 aromatic heterocycles. The van der Waals surface area contributed by atoms with E-state index in [1.165, 1.54) is 0 Å². The maximum Gasteiger partial charge on any atom is 0.100 e. The van der Waals surface area contributed by atoms with Gasteiger partial charge in [-0.05, 0) is 42.0 Å². The molecule has 0 aliphatic rings. The number of halogens is 1. The molecule has 2 rings (SSSR count). The van der Waals surface area contributed by atoms with E-state index in [-0.39, 0.29) is 6.61 Å². The number of aliphatic hydroxyl groups excluding tert-OH is 1. The molecular formula is C14H10BrNOS.